The zero-order valence-corrected chi connectivity index (χ0v) is 21.0. The van der Waals surface area contributed by atoms with Crippen LogP contribution in [0.4, 0.5) is 5.69 Å². The number of hydrogen-bond donors (Lipinski definition) is 3. The van der Waals surface area contributed by atoms with Crippen molar-refractivity contribution in [1.29, 1.82) is 0 Å². The predicted octanol–water partition coefficient (Wildman–Crippen LogP) is 5.38. The Hall–Kier alpha value is -3.32. The Bertz CT molecular complexity index is 1250. The molecule has 1 amide bonds. The van der Waals surface area contributed by atoms with Gasteiger partial charge in [-0.3, -0.25) is 4.79 Å². The van der Waals surface area contributed by atoms with Crippen LogP contribution in [-0.4, -0.2) is 22.5 Å². The Morgan fingerprint density at radius 2 is 1.88 bits per heavy atom. The number of phenolic OH excluding ortho intramolecular Hbond substituents is 1. The molecule has 3 aromatic rings. The van der Waals surface area contributed by atoms with E-state index in [1.807, 2.05) is 76.4 Å². The van der Waals surface area contributed by atoms with Crippen molar-refractivity contribution in [1.82, 2.24) is 5.32 Å². The number of nitrogens with zero attached hydrogens (tertiary/aromatic N) is 1. The molecule has 1 aromatic heterocycles. The Balaban J connectivity index is 1.47. The summed E-state index contributed by atoms with van der Waals surface area (Å²) in [6, 6.07) is 11.4. The van der Waals surface area contributed by atoms with E-state index in [9.17, 15) is 9.90 Å². The molecule has 2 atom stereocenters. The average molecular weight is 478 g/mol. The van der Waals surface area contributed by atoms with Crippen LogP contribution in [0.1, 0.15) is 59.0 Å². The van der Waals surface area contributed by atoms with E-state index >= 15 is 0 Å². The van der Waals surface area contributed by atoms with Crippen molar-refractivity contribution in [2.24, 2.45) is 10.7 Å². The van der Waals surface area contributed by atoms with Gasteiger partial charge in [-0.15, -0.1) is 11.3 Å². The number of ether oxygens (including phenoxy) is 1. The van der Waals surface area contributed by atoms with E-state index in [0.717, 1.165) is 44.1 Å². The third-order valence-corrected chi connectivity index (χ3v) is 7.66. The summed E-state index contributed by atoms with van der Waals surface area (Å²) < 4.78 is 6.31. The Labute approximate surface area is 204 Å². The summed E-state index contributed by atoms with van der Waals surface area (Å²) in [6.07, 6.45) is 1.21. The summed E-state index contributed by atoms with van der Waals surface area (Å²) in [7, 11) is 0. The molecule has 0 aliphatic carbocycles. The summed E-state index contributed by atoms with van der Waals surface area (Å²) in [5.74, 6) is 1.36. The maximum Gasteiger partial charge on any atom is 0.264 e. The van der Waals surface area contributed by atoms with Crippen LogP contribution in [0.3, 0.4) is 0 Å². The minimum Gasteiger partial charge on any atom is -0.507 e. The normalized spacial score (nSPS) is 18.7. The van der Waals surface area contributed by atoms with Gasteiger partial charge in [-0.2, -0.15) is 0 Å². The summed E-state index contributed by atoms with van der Waals surface area (Å²) in [4.78, 5) is 18.7. The maximum atomic E-state index is 13.3. The summed E-state index contributed by atoms with van der Waals surface area (Å²) in [6.45, 7) is 9.48. The molecule has 0 saturated heterocycles. The Morgan fingerprint density at radius 3 is 2.53 bits per heavy atom. The van der Waals surface area contributed by atoms with E-state index in [0.29, 0.717) is 24.4 Å². The molecule has 2 aromatic carbocycles. The van der Waals surface area contributed by atoms with Gasteiger partial charge in [-0.05, 0) is 86.9 Å². The van der Waals surface area contributed by atoms with Gasteiger partial charge in [-0.1, -0.05) is 18.2 Å². The SMILES string of the molecule is Cc1c(C)c2c(c(C)c1O)CCC(C)(C(=O)NC(C)c1ccc(N=C(N)c3cccs3)cc1)O2. The van der Waals surface area contributed by atoms with Crippen LogP contribution in [-0.2, 0) is 11.2 Å². The van der Waals surface area contributed by atoms with Gasteiger partial charge >= 0.3 is 0 Å². The number of rotatable bonds is 5. The number of fused-ring (bicyclic) bond motifs is 1. The lowest BCUT2D eigenvalue weighted by molar-refractivity contribution is -0.137. The first-order valence-electron chi connectivity index (χ1n) is 11.4. The molecule has 4 rings (SSSR count). The highest BCUT2D eigenvalue weighted by atomic mass is 32.1. The Kier molecular flexibility index (Phi) is 6.41. The number of thiophene rings is 1. The molecular weight excluding hydrogens is 446 g/mol. The number of nitrogens with two attached hydrogens (primary N) is 1. The first-order chi connectivity index (χ1) is 16.1. The van der Waals surface area contributed by atoms with E-state index < -0.39 is 5.60 Å². The number of hydrogen-bond acceptors (Lipinski definition) is 5. The number of aliphatic imine (C=N–C) groups is 1. The van der Waals surface area contributed by atoms with Crippen molar-refractivity contribution in [3.63, 3.8) is 0 Å². The van der Waals surface area contributed by atoms with Crippen LogP contribution < -0.4 is 15.8 Å². The fourth-order valence-electron chi connectivity index (χ4n) is 4.30. The molecule has 7 heteroatoms. The number of amidine groups is 1. The zero-order valence-electron chi connectivity index (χ0n) is 20.2. The van der Waals surface area contributed by atoms with Crippen LogP contribution in [0.5, 0.6) is 11.5 Å². The third kappa shape index (κ3) is 4.40. The summed E-state index contributed by atoms with van der Waals surface area (Å²) >= 11 is 1.55. The molecule has 2 heterocycles. The standard InChI is InChI=1S/C27H31N3O3S/c1-15-16(2)24-21(17(3)23(15)31)12-13-27(5,33-24)26(32)29-18(4)19-8-10-20(11-9-19)30-25(28)22-7-6-14-34-22/h6-11,14,18,31H,12-13H2,1-5H3,(H2,28,30)(H,29,32). The van der Waals surface area contributed by atoms with Crippen LogP contribution in [0.25, 0.3) is 0 Å². The van der Waals surface area contributed by atoms with Crippen molar-refractivity contribution in [3.05, 3.63) is 74.5 Å². The van der Waals surface area contributed by atoms with Gasteiger partial charge in [0.2, 0.25) is 0 Å². The monoisotopic (exact) mass is 477 g/mol. The number of benzene rings is 2. The molecule has 178 valence electrons. The number of aromatic hydroxyl groups is 1. The summed E-state index contributed by atoms with van der Waals surface area (Å²) in [5.41, 5.74) is 10.3. The van der Waals surface area contributed by atoms with E-state index in [2.05, 4.69) is 10.3 Å². The molecule has 0 saturated carbocycles. The molecule has 4 N–H and O–H groups in total. The molecule has 0 radical (unpaired) electrons. The second kappa shape index (κ2) is 9.14. The second-order valence-electron chi connectivity index (χ2n) is 9.13. The first kappa shape index (κ1) is 23.8. The quantitative estimate of drug-likeness (QED) is 0.340. The lowest BCUT2D eigenvalue weighted by Gasteiger charge is -2.37. The van der Waals surface area contributed by atoms with Gasteiger partial charge in [0, 0.05) is 12.0 Å². The van der Waals surface area contributed by atoms with Crippen LogP contribution in [0.2, 0.25) is 0 Å². The van der Waals surface area contributed by atoms with Crippen molar-refractivity contribution >= 4 is 28.8 Å². The van der Waals surface area contributed by atoms with E-state index in [1.54, 1.807) is 11.3 Å². The minimum atomic E-state index is -0.985. The van der Waals surface area contributed by atoms with Crippen LogP contribution >= 0.6 is 11.3 Å². The average Bonchev–Trinajstić information content (AvgIpc) is 3.37. The molecule has 1 aliphatic rings. The van der Waals surface area contributed by atoms with E-state index in [4.69, 9.17) is 10.5 Å². The molecule has 34 heavy (non-hydrogen) atoms. The number of carbonyl (C=O) groups excluding carboxylic acids is 1. The van der Waals surface area contributed by atoms with Gasteiger partial charge in [0.15, 0.2) is 5.60 Å². The highest BCUT2D eigenvalue weighted by Gasteiger charge is 2.41. The molecule has 0 spiro atoms. The number of phenols is 1. The smallest absolute Gasteiger partial charge is 0.264 e. The van der Waals surface area contributed by atoms with Gasteiger partial charge in [0.1, 0.15) is 17.3 Å². The second-order valence-corrected chi connectivity index (χ2v) is 10.1. The highest BCUT2D eigenvalue weighted by Crippen LogP contribution is 2.43. The lowest BCUT2D eigenvalue weighted by atomic mass is 9.86. The van der Waals surface area contributed by atoms with Crippen LogP contribution in [0.15, 0.2) is 46.8 Å². The Morgan fingerprint density at radius 1 is 1.18 bits per heavy atom. The highest BCUT2D eigenvalue weighted by molar-refractivity contribution is 7.12. The molecule has 1 aliphatic heterocycles. The lowest BCUT2D eigenvalue weighted by Crippen LogP contribution is -2.51. The number of amides is 1. The van der Waals surface area contributed by atoms with Crippen LogP contribution in [0, 0.1) is 20.8 Å². The zero-order chi connectivity index (χ0) is 24.6. The van der Waals surface area contributed by atoms with Crippen molar-refractivity contribution in [2.75, 3.05) is 0 Å². The van der Waals surface area contributed by atoms with Crippen molar-refractivity contribution < 1.29 is 14.6 Å². The van der Waals surface area contributed by atoms with Gasteiger partial charge in [-0.25, -0.2) is 4.99 Å². The maximum absolute atomic E-state index is 13.3. The molecule has 0 fully saturated rings. The number of carbonyl (C=O) groups is 1. The minimum absolute atomic E-state index is 0.155. The predicted molar refractivity (Wildman–Crippen MR) is 137 cm³/mol. The van der Waals surface area contributed by atoms with E-state index in [-0.39, 0.29) is 11.9 Å². The molecule has 0 bridgehead atoms. The van der Waals surface area contributed by atoms with Crippen molar-refractivity contribution in [3.8, 4) is 11.5 Å². The van der Waals surface area contributed by atoms with Crippen molar-refractivity contribution in [2.45, 2.75) is 59.1 Å². The molecule has 6 nitrogen and oxygen atoms in total. The summed E-state index contributed by atoms with van der Waals surface area (Å²) in [5, 5.41) is 15.5. The first-order valence-corrected chi connectivity index (χ1v) is 12.3. The van der Waals surface area contributed by atoms with Gasteiger partial charge in [0.25, 0.3) is 5.91 Å². The van der Waals surface area contributed by atoms with Gasteiger partial charge < -0.3 is 20.9 Å². The fraction of sp³-hybridized carbons (Fsp3) is 0.333. The van der Waals surface area contributed by atoms with E-state index in [1.165, 1.54) is 0 Å². The molecular formula is C27H31N3O3S. The molecule has 2 unspecified atom stereocenters. The topological polar surface area (TPSA) is 96.9 Å². The number of nitrogens with one attached hydrogen (secondary N) is 1. The fourth-order valence-corrected chi connectivity index (χ4v) is 4.92. The third-order valence-electron chi connectivity index (χ3n) is 6.76. The largest absolute Gasteiger partial charge is 0.507 e. The van der Waals surface area contributed by atoms with Gasteiger partial charge in [0.05, 0.1) is 16.6 Å².